The van der Waals surface area contributed by atoms with Crippen molar-refractivity contribution in [1.82, 2.24) is 0 Å². The third-order valence-electron chi connectivity index (χ3n) is 3.18. The van der Waals surface area contributed by atoms with Gasteiger partial charge in [-0.3, -0.25) is 10.1 Å². The summed E-state index contributed by atoms with van der Waals surface area (Å²) >= 11 is 0. The van der Waals surface area contributed by atoms with Crippen LogP contribution < -0.4 is 10.6 Å². The smallest absolute Gasteiger partial charge is 0.273 e. The van der Waals surface area contributed by atoms with Crippen molar-refractivity contribution in [2.45, 2.75) is 18.3 Å². The first kappa shape index (κ1) is 11.8. The number of nitro groups is 1. The molecule has 17 heavy (non-hydrogen) atoms. The number of benzene rings is 1. The van der Waals surface area contributed by atoms with Crippen molar-refractivity contribution in [3.05, 3.63) is 33.9 Å². The molecule has 1 aromatic carbocycles. The number of ether oxygens (including phenoxy) is 1. The number of nitro benzene ring substituents is 1. The SMILES string of the molecule is COc1ccc([N+](=O)[O-])c(C2(CON)CC2)c1. The Morgan fingerprint density at radius 1 is 1.53 bits per heavy atom. The summed E-state index contributed by atoms with van der Waals surface area (Å²) in [6.07, 6.45) is 1.69. The van der Waals surface area contributed by atoms with Gasteiger partial charge in [0.15, 0.2) is 0 Å². The van der Waals surface area contributed by atoms with Crippen molar-refractivity contribution in [1.29, 1.82) is 0 Å². The molecule has 92 valence electrons. The predicted molar refractivity (Wildman–Crippen MR) is 60.7 cm³/mol. The minimum Gasteiger partial charge on any atom is -0.497 e. The van der Waals surface area contributed by atoms with Gasteiger partial charge in [0.05, 0.1) is 18.6 Å². The summed E-state index contributed by atoms with van der Waals surface area (Å²) in [6, 6.07) is 4.75. The van der Waals surface area contributed by atoms with Gasteiger partial charge in [-0.25, -0.2) is 5.90 Å². The van der Waals surface area contributed by atoms with Gasteiger partial charge >= 0.3 is 0 Å². The van der Waals surface area contributed by atoms with Crippen molar-refractivity contribution >= 4 is 5.69 Å². The molecule has 1 fully saturated rings. The molecule has 0 atom stereocenters. The molecular weight excluding hydrogens is 224 g/mol. The van der Waals surface area contributed by atoms with Crippen LogP contribution in [-0.4, -0.2) is 18.6 Å². The zero-order valence-corrected chi connectivity index (χ0v) is 9.51. The van der Waals surface area contributed by atoms with E-state index in [1.807, 2.05) is 0 Å². The fourth-order valence-electron chi connectivity index (χ4n) is 2.03. The number of rotatable bonds is 5. The van der Waals surface area contributed by atoms with E-state index in [1.54, 1.807) is 12.1 Å². The summed E-state index contributed by atoms with van der Waals surface area (Å²) in [4.78, 5) is 15.3. The Kier molecular flexibility index (Phi) is 2.99. The molecule has 0 amide bonds. The summed E-state index contributed by atoms with van der Waals surface area (Å²) in [6.45, 7) is 0.293. The van der Waals surface area contributed by atoms with Crippen LogP contribution in [0.15, 0.2) is 18.2 Å². The average molecular weight is 238 g/mol. The van der Waals surface area contributed by atoms with Crippen LogP contribution in [0, 0.1) is 10.1 Å². The quantitative estimate of drug-likeness (QED) is 0.620. The van der Waals surface area contributed by atoms with Gasteiger partial charge in [-0.05, 0) is 25.0 Å². The second-order valence-electron chi connectivity index (χ2n) is 4.23. The van der Waals surface area contributed by atoms with Crippen molar-refractivity contribution in [3.8, 4) is 5.75 Å². The van der Waals surface area contributed by atoms with E-state index < -0.39 is 0 Å². The Bertz CT molecular complexity index is 443. The number of nitrogens with zero attached hydrogens (tertiary/aromatic N) is 1. The maximum atomic E-state index is 11.0. The Hall–Kier alpha value is -1.66. The van der Waals surface area contributed by atoms with Gasteiger partial charge in [0.1, 0.15) is 5.75 Å². The first-order chi connectivity index (χ1) is 8.13. The third-order valence-corrected chi connectivity index (χ3v) is 3.18. The molecule has 2 N–H and O–H groups in total. The fraction of sp³-hybridized carbons (Fsp3) is 0.455. The molecule has 1 aliphatic carbocycles. The molecule has 0 heterocycles. The van der Waals surface area contributed by atoms with Gasteiger partial charge in [-0.15, -0.1) is 0 Å². The molecule has 0 spiro atoms. The van der Waals surface area contributed by atoms with E-state index in [0.29, 0.717) is 17.9 Å². The maximum Gasteiger partial charge on any atom is 0.273 e. The second-order valence-corrected chi connectivity index (χ2v) is 4.23. The Morgan fingerprint density at radius 2 is 2.24 bits per heavy atom. The monoisotopic (exact) mass is 238 g/mol. The molecule has 1 aromatic rings. The van der Waals surface area contributed by atoms with E-state index in [9.17, 15) is 10.1 Å². The molecule has 1 saturated carbocycles. The van der Waals surface area contributed by atoms with Gasteiger partial charge in [0.25, 0.3) is 5.69 Å². The number of hydrogen-bond donors (Lipinski definition) is 1. The van der Waals surface area contributed by atoms with E-state index in [1.165, 1.54) is 13.2 Å². The Labute approximate surface area is 98.4 Å². The molecule has 0 bridgehead atoms. The van der Waals surface area contributed by atoms with Gasteiger partial charge < -0.3 is 9.57 Å². The number of methoxy groups -OCH3 is 1. The molecule has 0 aliphatic heterocycles. The summed E-state index contributed by atoms with van der Waals surface area (Å²) in [5, 5.41) is 11.0. The molecule has 0 radical (unpaired) electrons. The molecule has 0 saturated heterocycles. The zero-order valence-electron chi connectivity index (χ0n) is 9.51. The molecule has 1 aliphatic rings. The van der Waals surface area contributed by atoms with Gasteiger partial charge in [-0.1, -0.05) is 0 Å². The highest BCUT2D eigenvalue weighted by Crippen LogP contribution is 2.51. The fourth-order valence-corrected chi connectivity index (χ4v) is 2.03. The molecule has 6 nitrogen and oxygen atoms in total. The molecule has 6 heteroatoms. The van der Waals surface area contributed by atoms with E-state index in [-0.39, 0.29) is 16.0 Å². The van der Waals surface area contributed by atoms with Crippen molar-refractivity contribution in [3.63, 3.8) is 0 Å². The maximum absolute atomic E-state index is 11.0. The van der Waals surface area contributed by atoms with Crippen LogP contribution in [0.1, 0.15) is 18.4 Å². The normalized spacial score (nSPS) is 16.6. The van der Waals surface area contributed by atoms with Crippen LogP contribution in [0.4, 0.5) is 5.69 Å². The van der Waals surface area contributed by atoms with Gasteiger partial charge in [0.2, 0.25) is 0 Å². The minimum atomic E-state index is -0.384. The summed E-state index contributed by atoms with van der Waals surface area (Å²) in [5.74, 6) is 5.69. The predicted octanol–water partition coefficient (Wildman–Crippen LogP) is 1.53. The summed E-state index contributed by atoms with van der Waals surface area (Å²) < 4.78 is 5.10. The van der Waals surface area contributed by atoms with E-state index in [4.69, 9.17) is 10.6 Å². The lowest BCUT2D eigenvalue weighted by Crippen LogP contribution is -2.19. The zero-order chi connectivity index (χ0) is 12.5. The van der Waals surface area contributed by atoms with Crippen LogP contribution in [-0.2, 0) is 10.3 Å². The Morgan fingerprint density at radius 3 is 2.71 bits per heavy atom. The first-order valence-corrected chi connectivity index (χ1v) is 5.27. The van der Waals surface area contributed by atoms with Crippen molar-refractivity contribution in [2.24, 2.45) is 5.90 Å². The lowest BCUT2D eigenvalue weighted by molar-refractivity contribution is -0.385. The number of hydrogen-bond acceptors (Lipinski definition) is 5. The minimum absolute atomic E-state index is 0.0975. The Balaban J connectivity index is 2.45. The molecular formula is C11H14N2O4. The van der Waals surface area contributed by atoms with Crippen LogP contribution in [0.25, 0.3) is 0 Å². The van der Waals surface area contributed by atoms with Crippen LogP contribution in [0.2, 0.25) is 0 Å². The summed E-state index contributed by atoms with van der Waals surface area (Å²) in [5.41, 5.74) is 0.429. The van der Waals surface area contributed by atoms with E-state index >= 15 is 0 Å². The lowest BCUT2D eigenvalue weighted by atomic mass is 9.95. The van der Waals surface area contributed by atoms with Gasteiger partial charge in [0, 0.05) is 17.0 Å². The highest BCUT2D eigenvalue weighted by molar-refractivity contribution is 5.52. The first-order valence-electron chi connectivity index (χ1n) is 5.27. The molecule has 0 aromatic heterocycles. The lowest BCUT2D eigenvalue weighted by Gasteiger charge is -2.15. The second kappa shape index (κ2) is 4.31. The van der Waals surface area contributed by atoms with Crippen molar-refractivity contribution < 1.29 is 14.5 Å². The van der Waals surface area contributed by atoms with E-state index in [2.05, 4.69) is 4.84 Å². The highest BCUT2D eigenvalue weighted by Gasteiger charge is 2.48. The average Bonchev–Trinajstić information content (AvgIpc) is 3.09. The molecule has 0 unspecified atom stereocenters. The highest BCUT2D eigenvalue weighted by atomic mass is 16.6. The topological polar surface area (TPSA) is 87.6 Å². The standard InChI is InChI=1S/C11H14N2O4/c1-16-8-2-3-10(13(14)15)9(6-8)11(4-5-11)7-17-12/h2-3,6H,4-5,7,12H2,1H3. The van der Waals surface area contributed by atoms with Crippen LogP contribution in [0.3, 0.4) is 0 Å². The summed E-state index contributed by atoms with van der Waals surface area (Å²) in [7, 11) is 1.53. The van der Waals surface area contributed by atoms with E-state index in [0.717, 1.165) is 12.8 Å². The van der Waals surface area contributed by atoms with Crippen LogP contribution in [0.5, 0.6) is 5.75 Å². The van der Waals surface area contributed by atoms with Crippen molar-refractivity contribution in [2.75, 3.05) is 13.7 Å². The number of nitrogens with two attached hydrogens (primary N) is 1. The molecule has 2 rings (SSSR count). The largest absolute Gasteiger partial charge is 0.497 e. The van der Waals surface area contributed by atoms with Gasteiger partial charge in [-0.2, -0.15) is 0 Å². The third kappa shape index (κ3) is 2.09. The van der Waals surface area contributed by atoms with Crippen LogP contribution >= 0.6 is 0 Å².